The summed E-state index contributed by atoms with van der Waals surface area (Å²) in [5.74, 6) is 0. The van der Waals surface area contributed by atoms with E-state index < -0.39 is 25.4 Å². The van der Waals surface area contributed by atoms with Crippen LogP contribution in [0.5, 0.6) is 0 Å². The van der Waals surface area contributed by atoms with Gasteiger partial charge in [-0.3, -0.25) is 0 Å². The molecule has 0 rings (SSSR count). The van der Waals surface area contributed by atoms with Crippen molar-refractivity contribution in [1.82, 2.24) is 0 Å². The number of hydrogen-bond donors (Lipinski definition) is 0. The van der Waals surface area contributed by atoms with Gasteiger partial charge in [0.1, 0.15) is 0 Å². The average molecular weight is 551 g/mol. The molecule has 0 aliphatic carbocycles. The van der Waals surface area contributed by atoms with Gasteiger partial charge in [-0.1, -0.05) is 77.0 Å². The van der Waals surface area contributed by atoms with Crippen molar-refractivity contribution >= 4 is 25.4 Å². The van der Waals surface area contributed by atoms with Crippen LogP contribution in [0, 0.1) is 0 Å². The first-order chi connectivity index (χ1) is 16.7. The molecule has 5 nitrogen and oxygen atoms in total. The van der Waals surface area contributed by atoms with Crippen molar-refractivity contribution in [1.29, 1.82) is 0 Å². The van der Waals surface area contributed by atoms with Crippen LogP contribution in [0.3, 0.4) is 0 Å². The van der Waals surface area contributed by atoms with Crippen molar-refractivity contribution < 1.29 is 22.1 Å². The Kier molecular flexibility index (Phi) is 21.7. The number of unbranched alkanes of at least 4 members (excludes halogenated alkanes) is 12. The normalized spacial score (nSPS) is 13.0. The van der Waals surface area contributed by atoms with Crippen molar-refractivity contribution in [3.8, 4) is 0 Å². The highest BCUT2D eigenvalue weighted by atomic mass is 28.4. The molecule has 8 heteroatoms. The quantitative estimate of drug-likeness (QED) is 0.0795. The van der Waals surface area contributed by atoms with Gasteiger partial charge in [0, 0.05) is 40.6 Å². The Balaban J connectivity index is 3.79. The SMILES string of the molecule is CCOCCCCCCCCCC[Si](C)(C)O[Si](C)(C)CCCCCCCC[Si](OC)(OC)OC. The van der Waals surface area contributed by atoms with Gasteiger partial charge in [0.05, 0.1) is 0 Å². The van der Waals surface area contributed by atoms with Gasteiger partial charge in [0.2, 0.25) is 0 Å². The number of rotatable bonds is 26. The maximum Gasteiger partial charge on any atom is 0.500 e. The van der Waals surface area contributed by atoms with Gasteiger partial charge in [-0.2, -0.15) is 0 Å². The van der Waals surface area contributed by atoms with E-state index in [0.717, 1.165) is 25.7 Å². The highest BCUT2D eigenvalue weighted by molar-refractivity contribution is 6.84. The average Bonchev–Trinajstić information content (AvgIpc) is 2.81. The molecule has 0 saturated carbocycles. The molecule has 0 aliphatic heterocycles. The van der Waals surface area contributed by atoms with Crippen LogP contribution in [0.15, 0.2) is 0 Å². The second-order valence-corrected chi connectivity index (χ2v) is 23.3. The lowest BCUT2D eigenvalue weighted by molar-refractivity contribution is 0.122. The zero-order valence-electron chi connectivity index (χ0n) is 25.0. The predicted octanol–water partition coefficient (Wildman–Crippen LogP) is 8.79. The van der Waals surface area contributed by atoms with Crippen LogP contribution >= 0.6 is 0 Å². The Bertz CT molecular complexity index is 465. The van der Waals surface area contributed by atoms with Gasteiger partial charge < -0.3 is 22.1 Å². The molecule has 35 heavy (non-hydrogen) atoms. The fourth-order valence-electron chi connectivity index (χ4n) is 4.97. The molecule has 0 atom stereocenters. The summed E-state index contributed by atoms with van der Waals surface area (Å²) in [6, 6.07) is 3.55. The fraction of sp³-hybridized carbons (Fsp3) is 1.00. The van der Waals surface area contributed by atoms with Crippen LogP contribution in [-0.4, -0.2) is 60.0 Å². The summed E-state index contributed by atoms with van der Waals surface area (Å²) in [5.41, 5.74) is 0. The molecule has 0 saturated heterocycles. The third kappa shape index (κ3) is 20.1. The lowest BCUT2D eigenvalue weighted by Gasteiger charge is -2.34. The van der Waals surface area contributed by atoms with Gasteiger partial charge >= 0.3 is 8.80 Å². The van der Waals surface area contributed by atoms with E-state index in [1.807, 2.05) is 0 Å². The summed E-state index contributed by atoms with van der Waals surface area (Å²) < 4.78 is 28.8. The van der Waals surface area contributed by atoms with Crippen molar-refractivity contribution in [2.75, 3.05) is 34.5 Å². The molecule has 0 fully saturated rings. The molecule has 0 aromatic carbocycles. The lowest BCUT2D eigenvalue weighted by atomic mass is 10.1. The summed E-state index contributed by atoms with van der Waals surface area (Å²) in [4.78, 5) is 0. The second-order valence-electron chi connectivity index (χ2n) is 11.3. The highest BCUT2D eigenvalue weighted by Crippen LogP contribution is 2.26. The Morgan fingerprint density at radius 2 is 0.800 bits per heavy atom. The van der Waals surface area contributed by atoms with E-state index in [4.69, 9.17) is 22.1 Å². The van der Waals surface area contributed by atoms with E-state index in [9.17, 15) is 0 Å². The van der Waals surface area contributed by atoms with Crippen LogP contribution in [-0.2, 0) is 22.1 Å². The molecule has 0 radical (unpaired) electrons. The summed E-state index contributed by atoms with van der Waals surface area (Å²) in [5, 5.41) is 0. The van der Waals surface area contributed by atoms with Crippen LogP contribution in [0.2, 0.25) is 44.3 Å². The van der Waals surface area contributed by atoms with Gasteiger partial charge in [0.25, 0.3) is 0 Å². The van der Waals surface area contributed by atoms with E-state index in [1.54, 1.807) is 21.3 Å². The van der Waals surface area contributed by atoms with E-state index in [1.165, 1.54) is 95.6 Å². The van der Waals surface area contributed by atoms with Crippen molar-refractivity contribution in [3.63, 3.8) is 0 Å². The van der Waals surface area contributed by atoms with Crippen molar-refractivity contribution in [2.45, 2.75) is 141 Å². The molecule has 0 aromatic rings. The van der Waals surface area contributed by atoms with Crippen molar-refractivity contribution in [3.05, 3.63) is 0 Å². The van der Waals surface area contributed by atoms with E-state index >= 15 is 0 Å². The van der Waals surface area contributed by atoms with Crippen molar-refractivity contribution in [2.24, 2.45) is 0 Å². The predicted molar refractivity (Wildman–Crippen MR) is 158 cm³/mol. The Hall–Kier alpha value is 0.451. The molecular weight excluding hydrogens is 489 g/mol. The summed E-state index contributed by atoms with van der Waals surface area (Å²) in [6.07, 6.45) is 18.4. The standard InChI is InChI=1S/C27H62O5Si3/c1-9-31-24-20-16-12-10-11-13-17-21-25-33(5,6)32-34(7,8)26-22-18-14-15-19-23-27-35(28-2,29-3)30-4/h9-27H2,1-8H3. The minimum atomic E-state index is -2.38. The second kappa shape index (κ2) is 21.4. The molecule has 0 amide bonds. The molecule has 0 aliphatic rings. The first kappa shape index (κ1) is 35.5. The van der Waals surface area contributed by atoms with Crippen LogP contribution in [0.1, 0.15) is 96.8 Å². The van der Waals surface area contributed by atoms with Gasteiger partial charge in [-0.05, 0) is 58.0 Å². The Labute approximate surface area is 223 Å². The third-order valence-corrected chi connectivity index (χ3v) is 17.4. The van der Waals surface area contributed by atoms with Gasteiger partial charge in [-0.25, -0.2) is 0 Å². The monoisotopic (exact) mass is 550 g/mol. The minimum absolute atomic E-state index is 0.854. The Morgan fingerprint density at radius 1 is 0.457 bits per heavy atom. The Morgan fingerprint density at radius 3 is 1.17 bits per heavy atom. The van der Waals surface area contributed by atoms with E-state index in [2.05, 4.69) is 33.1 Å². The molecule has 0 heterocycles. The molecule has 0 spiro atoms. The van der Waals surface area contributed by atoms with Crippen LogP contribution in [0.4, 0.5) is 0 Å². The van der Waals surface area contributed by atoms with Gasteiger partial charge in [-0.15, -0.1) is 0 Å². The number of hydrogen-bond acceptors (Lipinski definition) is 5. The van der Waals surface area contributed by atoms with Crippen LogP contribution in [0.25, 0.3) is 0 Å². The molecular formula is C27H62O5Si3. The largest absolute Gasteiger partial charge is 0.500 e. The summed E-state index contributed by atoms with van der Waals surface area (Å²) >= 11 is 0. The maximum absolute atomic E-state index is 6.87. The van der Waals surface area contributed by atoms with Gasteiger partial charge in [0.15, 0.2) is 16.6 Å². The van der Waals surface area contributed by atoms with Crippen LogP contribution < -0.4 is 0 Å². The fourth-order valence-corrected chi connectivity index (χ4v) is 15.8. The molecule has 212 valence electrons. The van der Waals surface area contributed by atoms with E-state index in [-0.39, 0.29) is 0 Å². The molecule has 0 aromatic heterocycles. The first-order valence-corrected chi connectivity index (χ1v) is 22.8. The molecule has 0 unspecified atom stereocenters. The van der Waals surface area contributed by atoms with E-state index in [0.29, 0.717) is 0 Å². The minimum Gasteiger partial charge on any atom is -0.455 e. The molecule has 0 N–H and O–H groups in total. The number of ether oxygens (including phenoxy) is 1. The maximum atomic E-state index is 6.87. The zero-order chi connectivity index (χ0) is 26.5. The smallest absolute Gasteiger partial charge is 0.455 e. The third-order valence-electron chi connectivity index (χ3n) is 7.02. The summed E-state index contributed by atoms with van der Waals surface area (Å²) in [6.45, 7) is 13.6. The topological polar surface area (TPSA) is 46.2 Å². The highest BCUT2D eigenvalue weighted by Gasteiger charge is 2.36. The zero-order valence-corrected chi connectivity index (χ0v) is 28.0. The first-order valence-electron chi connectivity index (χ1n) is 14.6. The molecule has 0 bridgehead atoms. The summed E-state index contributed by atoms with van der Waals surface area (Å²) in [7, 11) is -0.355. The lowest BCUT2D eigenvalue weighted by Crippen LogP contribution is -2.44.